The number of aryl methyl sites for hydroxylation is 1. The number of amides is 1. The second kappa shape index (κ2) is 8.27. The van der Waals surface area contributed by atoms with E-state index in [1.807, 2.05) is 4.72 Å². The maximum absolute atomic E-state index is 15.3. The van der Waals surface area contributed by atoms with Crippen LogP contribution in [0.4, 0.5) is 10.1 Å². The number of carbonyl (C=O) groups excluding carboxylic acids is 1. The van der Waals surface area contributed by atoms with Crippen molar-refractivity contribution in [2.45, 2.75) is 65.2 Å². The summed E-state index contributed by atoms with van der Waals surface area (Å²) in [5.74, 6) is -0.815. The number of nitrogens with zero attached hydrogens (tertiary/aromatic N) is 1. The Morgan fingerprint density at radius 3 is 2.68 bits per heavy atom. The molecule has 2 aliphatic rings. The number of aromatic hydroxyl groups is 1. The van der Waals surface area contributed by atoms with E-state index < -0.39 is 39.9 Å². The van der Waals surface area contributed by atoms with Gasteiger partial charge in [-0.05, 0) is 48.3 Å². The molecule has 1 atom stereocenters. The molecule has 1 amide bonds. The lowest BCUT2D eigenvalue weighted by atomic mass is 9.80. The fourth-order valence-electron chi connectivity index (χ4n) is 4.43. The zero-order chi connectivity index (χ0) is 20.5. The van der Waals surface area contributed by atoms with Crippen LogP contribution in [0.15, 0.2) is 6.07 Å². The summed E-state index contributed by atoms with van der Waals surface area (Å²) in [5.41, 5.74) is 0.779. The number of hydrogen-bond acceptors (Lipinski definition) is 4. The average molecular weight is 413 g/mol. The Hall–Kier alpha value is -1.83. The molecule has 0 aromatic heterocycles. The number of rotatable bonds is 7. The van der Waals surface area contributed by atoms with Crippen molar-refractivity contribution in [3.05, 3.63) is 23.0 Å². The summed E-state index contributed by atoms with van der Waals surface area (Å²) in [7, 11) is -4.17. The van der Waals surface area contributed by atoms with Crippen LogP contribution in [0.1, 0.15) is 63.5 Å². The van der Waals surface area contributed by atoms with E-state index >= 15 is 4.39 Å². The topological polar surface area (TPSA) is 86.7 Å². The van der Waals surface area contributed by atoms with Crippen molar-refractivity contribution >= 4 is 21.8 Å². The Morgan fingerprint density at radius 2 is 2.07 bits per heavy atom. The van der Waals surface area contributed by atoms with Gasteiger partial charge in [0.05, 0.1) is 0 Å². The quantitative estimate of drug-likeness (QED) is 0.718. The molecule has 0 spiro atoms. The highest BCUT2D eigenvalue weighted by Crippen LogP contribution is 2.41. The number of halogens is 1. The number of hydrogen-bond donors (Lipinski definition) is 2. The molecule has 1 aromatic rings. The first-order chi connectivity index (χ1) is 13.3. The lowest BCUT2D eigenvalue weighted by molar-refractivity contribution is -0.117. The molecule has 0 unspecified atom stereocenters. The van der Waals surface area contributed by atoms with Crippen LogP contribution in [0, 0.1) is 17.7 Å². The highest BCUT2D eigenvalue weighted by atomic mass is 32.2. The van der Waals surface area contributed by atoms with Crippen LogP contribution in [0.25, 0.3) is 0 Å². The van der Waals surface area contributed by atoms with Gasteiger partial charge in [-0.2, -0.15) is 8.42 Å². The molecule has 1 saturated heterocycles. The fourth-order valence-corrected chi connectivity index (χ4v) is 5.60. The Bertz CT molecular complexity index is 852. The minimum Gasteiger partial charge on any atom is -0.506 e. The first-order valence-corrected chi connectivity index (χ1v) is 11.6. The van der Waals surface area contributed by atoms with Crippen molar-refractivity contribution < 1.29 is 22.7 Å². The molecule has 2 N–H and O–H groups in total. The van der Waals surface area contributed by atoms with Gasteiger partial charge in [-0.1, -0.05) is 46.0 Å². The minimum atomic E-state index is -4.17. The van der Waals surface area contributed by atoms with Gasteiger partial charge in [-0.15, -0.1) is 0 Å². The molecular formula is C20H29FN2O4S. The minimum absolute atomic E-state index is 0.351. The summed E-state index contributed by atoms with van der Waals surface area (Å²) in [6.45, 7) is 3.89. The zero-order valence-electron chi connectivity index (χ0n) is 16.5. The van der Waals surface area contributed by atoms with Crippen LogP contribution in [-0.4, -0.2) is 26.0 Å². The van der Waals surface area contributed by atoms with Crippen molar-refractivity contribution in [2.75, 3.05) is 10.8 Å². The molecule has 0 saturated carbocycles. The van der Waals surface area contributed by atoms with Crippen LogP contribution in [0.3, 0.4) is 0 Å². The van der Waals surface area contributed by atoms with Crippen LogP contribution in [-0.2, 0) is 27.8 Å². The standard InChI is InChI=1S/C20H29FN2O4S/c1-3-13(4-2)6-5-7-14-8-9-15-11-17(24)20(19(21)16(15)10-14)23-12-18(25)22-28(23,26)27/h11,13-14,24H,3-10,12H2,1-2H3,(H,22,25)/t14-/m1/s1. The number of phenolic OH excluding ortho intramolecular Hbond substituents is 1. The molecule has 0 bridgehead atoms. The number of phenols is 1. The smallest absolute Gasteiger partial charge is 0.326 e. The number of anilines is 1. The largest absolute Gasteiger partial charge is 0.506 e. The van der Waals surface area contributed by atoms with Gasteiger partial charge in [0.2, 0.25) is 0 Å². The third-order valence-corrected chi connectivity index (χ3v) is 7.56. The first-order valence-electron chi connectivity index (χ1n) is 10.1. The molecule has 1 heterocycles. The second-order valence-corrected chi connectivity index (χ2v) is 9.55. The van der Waals surface area contributed by atoms with Crippen LogP contribution >= 0.6 is 0 Å². The van der Waals surface area contributed by atoms with Crippen molar-refractivity contribution in [3.63, 3.8) is 0 Å². The van der Waals surface area contributed by atoms with Crippen molar-refractivity contribution in [1.29, 1.82) is 0 Å². The van der Waals surface area contributed by atoms with Gasteiger partial charge in [0.25, 0.3) is 5.91 Å². The van der Waals surface area contributed by atoms with Gasteiger partial charge < -0.3 is 5.11 Å². The zero-order valence-corrected chi connectivity index (χ0v) is 17.3. The summed E-state index contributed by atoms with van der Waals surface area (Å²) in [4.78, 5) is 11.5. The number of nitrogens with one attached hydrogen (secondary N) is 1. The molecule has 6 nitrogen and oxygen atoms in total. The first kappa shape index (κ1) is 20.9. The summed E-state index contributed by atoms with van der Waals surface area (Å²) < 4.78 is 41.9. The maximum atomic E-state index is 15.3. The normalized spacial score (nSPS) is 21.1. The predicted molar refractivity (Wildman–Crippen MR) is 106 cm³/mol. The lowest BCUT2D eigenvalue weighted by Crippen LogP contribution is -2.31. The van der Waals surface area contributed by atoms with E-state index in [-0.39, 0.29) is 0 Å². The Labute approximate surface area is 166 Å². The number of benzene rings is 1. The van der Waals surface area contributed by atoms with Gasteiger partial charge in [0.15, 0.2) is 5.82 Å². The summed E-state index contributed by atoms with van der Waals surface area (Å²) in [5, 5.41) is 10.3. The summed E-state index contributed by atoms with van der Waals surface area (Å²) in [6.07, 6.45) is 7.81. The van der Waals surface area contributed by atoms with Crippen molar-refractivity contribution in [2.24, 2.45) is 11.8 Å². The molecule has 156 valence electrons. The van der Waals surface area contributed by atoms with Crippen LogP contribution in [0.5, 0.6) is 5.75 Å². The average Bonchev–Trinajstić information content (AvgIpc) is 2.91. The third kappa shape index (κ3) is 4.11. The molecular weight excluding hydrogens is 383 g/mol. The van der Waals surface area contributed by atoms with E-state index in [2.05, 4.69) is 13.8 Å². The van der Waals surface area contributed by atoms with Crippen molar-refractivity contribution in [3.8, 4) is 5.75 Å². The lowest BCUT2D eigenvalue weighted by Gasteiger charge is -2.28. The van der Waals surface area contributed by atoms with Gasteiger partial charge >= 0.3 is 10.2 Å². The molecule has 1 aliphatic heterocycles. The molecule has 1 aliphatic carbocycles. The maximum Gasteiger partial charge on any atom is 0.326 e. The summed E-state index contributed by atoms with van der Waals surface area (Å²) in [6, 6.07) is 1.45. The fraction of sp³-hybridized carbons (Fsp3) is 0.650. The highest BCUT2D eigenvalue weighted by Gasteiger charge is 2.39. The number of fused-ring (bicyclic) bond motifs is 1. The molecule has 28 heavy (non-hydrogen) atoms. The van der Waals surface area contributed by atoms with Gasteiger partial charge in [0, 0.05) is 0 Å². The third-order valence-electron chi connectivity index (χ3n) is 6.18. The highest BCUT2D eigenvalue weighted by molar-refractivity contribution is 7.92. The van der Waals surface area contributed by atoms with E-state index in [1.165, 1.54) is 25.3 Å². The summed E-state index contributed by atoms with van der Waals surface area (Å²) >= 11 is 0. The van der Waals surface area contributed by atoms with Gasteiger partial charge in [-0.3, -0.25) is 4.79 Å². The molecule has 3 rings (SSSR count). The molecule has 0 radical (unpaired) electrons. The SMILES string of the molecule is CCC(CC)CCC[C@@H]1CCc2cc(O)c(N3CC(=O)NS3(=O)=O)c(F)c2C1. The van der Waals surface area contributed by atoms with Crippen LogP contribution in [0.2, 0.25) is 0 Å². The van der Waals surface area contributed by atoms with Crippen LogP contribution < -0.4 is 9.03 Å². The van der Waals surface area contributed by atoms with Crippen molar-refractivity contribution in [1.82, 2.24) is 4.72 Å². The van der Waals surface area contributed by atoms with E-state index in [0.717, 1.165) is 30.7 Å². The Kier molecular flexibility index (Phi) is 6.17. The molecule has 1 fully saturated rings. The Morgan fingerprint density at radius 1 is 1.36 bits per heavy atom. The van der Waals surface area contributed by atoms with E-state index in [1.54, 1.807) is 0 Å². The van der Waals surface area contributed by atoms with Gasteiger partial charge in [-0.25, -0.2) is 13.4 Å². The number of carbonyl (C=O) groups is 1. The molecule has 8 heteroatoms. The predicted octanol–water partition coefficient (Wildman–Crippen LogP) is 3.42. The van der Waals surface area contributed by atoms with E-state index in [9.17, 15) is 18.3 Å². The van der Waals surface area contributed by atoms with Gasteiger partial charge in [0.1, 0.15) is 18.0 Å². The second-order valence-electron chi connectivity index (χ2n) is 7.96. The Balaban J connectivity index is 1.79. The van der Waals surface area contributed by atoms with E-state index in [4.69, 9.17) is 0 Å². The monoisotopic (exact) mass is 412 g/mol. The van der Waals surface area contributed by atoms with E-state index in [0.29, 0.717) is 28.6 Å². The molecule has 1 aromatic carbocycles.